The molecule has 1 saturated heterocycles. The molecule has 1 heterocycles. The predicted molar refractivity (Wildman–Crippen MR) is 81.9 cm³/mol. The van der Waals surface area contributed by atoms with Crippen molar-refractivity contribution in [2.45, 2.75) is 77.4 Å². The summed E-state index contributed by atoms with van der Waals surface area (Å²) in [5.74, 6) is 1.79. The molecular weight excluding hydrogens is 264 g/mol. The van der Waals surface area contributed by atoms with Gasteiger partial charge in [0.15, 0.2) is 0 Å². The minimum absolute atomic E-state index is 0.170. The molecule has 3 fully saturated rings. The maximum absolute atomic E-state index is 12.2. The SMILES string of the molecule is CC(C)(O)CC1COC([C@H]2CC[C@H]3C(=O)CCC[C@]23C)C1. The molecule has 3 aliphatic rings. The Morgan fingerprint density at radius 2 is 2.14 bits per heavy atom. The summed E-state index contributed by atoms with van der Waals surface area (Å²) < 4.78 is 6.12. The van der Waals surface area contributed by atoms with Crippen LogP contribution in [0.3, 0.4) is 0 Å². The van der Waals surface area contributed by atoms with Crippen molar-refractivity contribution in [3.8, 4) is 0 Å². The first kappa shape index (κ1) is 15.5. The summed E-state index contributed by atoms with van der Waals surface area (Å²) in [6.45, 7) is 6.87. The van der Waals surface area contributed by atoms with Crippen molar-refractivity contribution in [3.63, 3.8) is 0 Å². The van der Waals surface area contributed by atoms with Crippen molar-refractivity contribution >= 4 is 5.78 Å². The average molecular weight is 294 g/mol. The van der Waals surface area contributed by atoms with E-state index in [4.69, 9.17) is 4.74 Å². The van der Waals surface area contributed by atoms with E-state index in [1.54, 1.807) is 0 Å². The largest absolute Gasteiger partial charge is 0.390 e. The zero-order valence-corrected chi connectivity index (χ0v) is 13.7. The van der Waals surface area contributed by atoms with E-state index in [0.29, 0.717) is 23.7 Å². The van der Waals surface area contributed by atoms with E-state index in [1.807, 2.05) is 13.8 Å². The molecule has 2 unspecified atom stereocenters. The summed E-state index contributed by atoms with van der Waals surface area (Å²) in [5, 5.41) is 10.0. The Labute approximate surface area is 128 Å². The van der Waals surface area contributed by atoms with Gasteiger partial charge in [0.2, 0.25) is 0 Å². The molecule has 0 aromatic rings. The van der Waals surface area contributed by atoms with Gasteiger partial charge in [0.1, 0.15) is 5.78 Å². The fourth-order valence-electron chi connectivity index (χ4n) is 5.43. The van der Waals surface area contributed by atoms with Gasteiger partial charge in [0.05, 0.1) is 11.7 Å². The number of rotatable bonds is 3. The van der Waals surface area contributed by atoms with Crippen molar-refractivity contribution in [1.82, 2.24) is 0 Å². The highest BCUT2D eigenvalue weighted by Gasteiger charge is 2.54. The molecule has 3 rings (SSSR count). The lowest BCUT2D eigenvalue weighted by Crippen LogP contribution is -2.41. The summed E-state index contributed by atoms with van der Waals surface area (Å²) in [5.41, 5.74) is -0.435. The molecule has 0 bridgehead atoms. The van der Waals surface area contributed by atoms with Gasteiger partial charge in [-0.2, -0.15) is 0 Å². The third-order valence-corrected chi connectivity index (χ3v) is 6.29. The number of Topliss-reactive ketones (excluding diaryl/α,β-unsaturated/α-hetero) is 1. The number of carbonyl (C=O) groups is 1. The molecule has 5 atom stereocenters. The molecule has 1 N–H and O–H groups in total. The van der Waals surface area contributed by atoms with Crippen LogP contribution in [0.1, 0.15) is 65.7 Å². The first-order chi connectivity index (χ1) is 9.79. The molecule has 0 radical (unpaired) electrons. The quantitative estimate of drug-likeness (QED) is 0.868. The number of ketones is 1. The van der Waals surface area contributed by atoms with Crippen LogP contribution in [0.25, 0.3) is 0 Å². The molecule has 0 spiro atoms. The molecule has 0 aromatic heterocycles. The lowest BCUT2D eigenvalue weighted by atomic mass is 9.63. The van der Waals surface area contributed by atoms with Crippen LogP contribution in [0.5, 0.6) is 0 Å². The highest BCUT2D eigenvalue weighted by molar-refractivity contribution is 5.83. The molecule has 2 aliphatic carbocycles. The Morgan fingerprint density at radius 3 is 2.86 bits per heavy atom. The van der Waals surface area contributed by atoms with Gasteiger partial charge in [-0.25, -0.2) is 0 Å². The first-order valence-electron chi connectivity index (χ1n) is 8.66. The van der Waals surface area contributed by atoms with Gasteiger partial charge < -0.3 is 9.84 Å². The van der Waals surface area contributed by atoms with E-state index >= 15 is 0 Å². The fraction of sp³-hybridized carbons (Fsp3) is 0.944. The molecule has 0 amide bonds. The topological polar surface area (TPSA) is 46.5 Å². The van der Waals surface area contributed by atoms with Gasteiger partial charge in [0.25, 0.3) is 0 Å². The number of aliphatic hydroxyl groups is 1. The second kappa shape index (κ2) is 5.34. The first-order valence-corrected chi connectivity index (χ1v) is 8.66. The fourth-order valence-corrected chi connectivity index (χ4v) is 5.43. The minimum atomic E-state index is -0.605. The summed E-state index contributed by atoms with van der Waals surface area (Å²) in [4.78, 5) is 12.2. The third kappa shape index (κ3) is 2.92. The van der Waals surface area contributed by atoms with Gasteiger partial charge in [0, 0.05) is 18.9 Å². The Kier molecular flexibility index (Phi) is 3.94. The summed E-state index contributed by atoms with van der Waals surface area (Å²) in [7, 11) is 0. The molecule has 120 valence electrons. The van der Waals surface area contributed by atoms with Crippen LogP contribution in [0.15, 0.2) is 0 Å². The van der Waals surface area contributed by atoms with Crippen molar-refractivity contribution in [2.24, 2.45) is 23.2 Å². The number of ether oxygens (including phenoxy) is 1. The standard InChI is InChI=1S/C18H30O3/c1-17(2,20)10-12-9-16(21-11-12)14-7-6-13-15(19)5-4-8-18(13,14)3/h12-14,16,20H,4-11H2,1-3H3/t12?,13-,14+,16?,18-/m0/s1. The second-order valence-electron chi connectivity index (χ2n) is 8.55. The molecule has 2 saturated carbocycles. The van der Waals surface area contributed by atoms with E-state index < -0.39 is 5.60 Å². The predicted octanol–water partition coefficient (Wildman–Crippen LogP) is 3.34. The molecule has 3 heteroatoms. The van der Waals surface area contributed by atoms with Crippen LogP contribution >= 0.6 is 0 Å². The Balaban J connectivity index is 1.67. The van der Waals surface area contributed by atoms with Crippen LogP contribution in [0.4, 0.5) is 0 Å². The van der Waals surface area contributed by atoms with Gasteiger partial charge in [-0.15, -0.1) is 0 Å². The highest BCUT2D eigenvalue weighted by atomic mass is 16.5. The zero-order valence-electron chi connectivity index (χ0n) is 13.7. The lowest BCUT2D eigenvalue weighted by molar-refractivity contribution is -0.130. The molecule has 3 nitrogen and oxygen atoms in total. The van der Waals surface area contributed by atoms with E-state index in [-0.39, 0.29) is 11.3 Å². The maximum Gasteiger partial charge on any atom is 0.136 e. The number of hydrogen-bond donors (Lipinski definition) is 1. The van der Waals surface area contributed by atoms with E-state index in [0.717, 1.165) is 45.1 Å². The minimum Gasteiger partial charge on any atom is -0.390 e. The Morgan fingerprint density at radius 1 is 1.38 bits per heavy atom. The molecule has 0 aromatic carbocycles. The van der Waals surface area contributed by atoms with Gasteiger partial charge in [-0.1, -0.05) is 6.92 Å². The normalized spacial score (nSPS) is 44.1. The smallest absolute Gasteiger partial charge is 0.136 e. The van der Waals surface area contributed by atoms with Crippen LogP contribution < -0.4 is 0 Å². The van der Waals surface area contributed by atoms with E-state index in [2.05, 4.69) is 6.92 Å². The number of carbonyl (C=O) groups excluding carboxylic acids is 1. The zero-order chi connectivity index (χ0) is 15.3. The van der Waals surface area contributed by atoms with Gasteiger partial charge in [-0.05, 0) is 69.6 Å². The lowest BCUT2D eigenvalue weighted by Gasteiger charge is -2.41. The van der Waals surface area contributed by atoms with Crippen LogP contribution in [0.2, 0.25) is 0 Å². The van der Waals surface area contributed by atoms with Crippen molar-refractivity contribution < 1.29 is 14.6 Å². The second-order valence-corrected chi connectivity index (χ2v) is 8.55. The van der Waals surface area contributed by atoms with Gasteiger partial charge >= 0.3 is 0 Å². The average Bonchev–Trinajstić information content (AvgIpc) is 2.91. The molecule has 1 aliphatic heterocycles. The Hall–Kier alpha value is -0.410. The third-order valence-electron chi connectivity index (χ3n) is 6.29. The van der Waals surface area contributed by atoms with Crippen molar-refractivity contribution in [1.29, 1.82) is 0 Å². The molecule has 21 heavy (non-hydrogen) atoms. The maximum atomic E-state index is 12.2. The van der Waals surface area contributed by atoms with E-state index in [9.17, 15) is 9.90 Å². The van der Waals surface area contributed by atoms with Crippen molar-refractivity contribution in [3.05, 3.63) is 0 Å². The van der Waals surface area contributed by atoms with Crippen LogP contribution in [0, 0.1) is 23.2 Å². The number of hydrogen-bond acceptors (Lipinski definition) is 3. The van der Waals surface area contributed by atoms with E-state index in [1.165, 1.54) is 6.42 Å². The summed E-state index contributed by atoms with van der Waals surface area (Å²) >= 11 is 0. The van der Waals surface area contributed by atoms with Gasteiger partial charge in [-0.3, -0.25) is 4.79 Å². The Bertz CT molecular complexity index is 411. The highest BCUT2D eigenvalue weighted by Crippen LogP contribution is 2.57. The number of fused-ring (bicyclic) bond motifs is 1. The van der Waals surface area contributed by atoms with Crippen LogP contribution in [-0.2, 0) is 9.53 Å². The van der Waals surface area contributed by atoms with Crippen LogP contribution in [-0.4, -0.2) is 29.2 Å². The summed E-state index contributed by atoms with van der Waals surface area (Å²) in [6.07, 6.45) is 7.42. The van der Waals surface area contributed by atoms with Crippen molar-refractivity contribution in [2.75, 3.05) is 6.61 Å². The monoisotopic (exact) mass is 294 g/mol. The summed E-state index contributed by atoms with van der Waals surface area (Å²) in [6, 6.07) is 0. The molecular formula is C18H30O3.